The summed E-state index contributed by atoms with van der Waals surface area (Å²) >= 11 is 5.81. The molecule has 2 rings (SSSR count). The molecule has 0 bridgehead atoms. The number of hydrogen-bond acceptors (Lipinski definition) is 4. The lowest BCUT2D eigenvalue weighted by Crippen LogP contribution is -2.34. The fraction of sp³-hybridized carbons (Fsp3) is 0.400. The maximum atomic E-state index is 13.6. The summed E-state index contributed by atoms with van der Waals surface area (Å²) in [4.78, 5) is 12.0. The van der Waals surface area contributed by atoms with Gasteiger partial charge in [0.1, 0.15) is 11.1 Å². The molecule has 0 heterocycles. The minimum Gasteiger partial charge on any atom is -0.463 e. The zero-order valence-corrected chi connectivity index (χ0v) is 13.9. The van der Waals surface area contributed by atoms with Crippen molar-refractivity contribution in [1.82, 2.24) is 0 Å². The second kappa shape index (κ2) is 7.31. The fourth-order valence-electron chi connectivity index (χ4n) is 2.25. The largest absolute Gasteiger partial charge is 0.463 e. The Morgan fingerprint density at radius 1 is 1.57 bits per heavy atom. The quantitative estimate of drug-likeness (QED) is 0.814. The summed E-state index contributed by atoms with van der Waals surface area (Å²) in [5.41, 5.74) is -0.579. The van der Waals surface area contributed by atoms with Gasteiger partial charge in [-0.1, -0.05) is 17.7 Å². The van der Waals surface area contributed by atoms with Gasteiger partial charge in [-0.05, 0) is 44.3 Å². The molecule has 126 valence electrons. The summed E-state index contributed by atoms with van der Waals surface area (Å²) in [5, 5.41) is -1.86. The van der Waals surface area contributed by atoms with Crippen LogP contribution in [0.15, 0.2) is 29.8 Å². The zero-order chi connectivity index (χ0) is 19.6. The molecule has 1 atom stereocenters. The van der Waals surface area contributed by atoms with Crippen molar-refractivity contribution in [2.75, 3.05) is 11.3 Å². The van der Waals surface area contributed by atoms with Gasteiger partial charge in [-0.2, -0.15) is 0 Å². The third kappa shape index (κ3) is 4.23. The SMILES string of the molecule is [2H]c1c([2H])c(NS(=O)(=O)C2CCCC=C2C(=O)OCC)c(Cl)c([2H])c1F. The molecule has 0 saturated heterocycles. The number of anilines is 1. The summed E-state index contributed by atoms with van der Waals surface area (Å²) in [7, 11) is -4.25. The molecule has 1 aromatic carbocycles. The molecule has 5 nitrogen and oxygen atoms in total. The van der Waals surface area contributed by atoms with Gasteiger partial charge in [0, 0.05) is 0 Å². The van der Waals surface area contributed by atoms with E-state index in [0.29, 0.717) is 12.8 Å². The van der Waals surface area contributed by atoms with Crippen LogP contribution in [0.5, 0.6) is 0 Å². The molecule has 1 N–H and O–H groups in total. The normalized spacial score (nSPS) is 20.0. The number of nitrogens with one attached hydrogen (secondary N) is 1. The van der Waals surface area contributed by atoms with Crippen molar-refractivity contribution in [3.63, 3.8) is 0 Å². The van der Waals surface area contributed by atoms with Crippen LogP contribution in [-0.4, -0.2) is 26.2 Å². The first-order valence-electron chi connectivity index (χ1n) is 8.45. The highest BCUT2D eigenvalue weighted by atomic mass is 35.5. The Hall–Kier alpha value is -1.60. The fourth-order valence-corrected chi connectivity index (χ4v) is 4.06. The number of esters is 1. The summed E-state index contributed by atoms with van der Waals surface area (Å²) in [6.45, 7) is 1.68. The Balaban J connectivity index is 2.45. The molecule has 0 radical (unpaired) electrons. The molecular weight excluding hydrogens is 345 g/mol. The highest BCUT2D eigenvalue weighted by Crippen LogP contribution is 2.30. The highest BCUT2D eigenvalue weighted by molar-refractivity contribution is 7.93. The number of rotatable bonds is 5. The van der Waals surface area contributed by atoms with Gasteiger partial charge in [-0.15, -0.1) is 0 Å². The van der Waals surface area contributed by atoms with E-state index in [1.54, 1.807) is 6.92 Å². The highest BCUT2D eigenvalue weighted by Gasteiger charge is 2.35. The number of halogens is 2. The molecule has 0 saturated carbocycles. The van der Waals surface area contributed by atoms with E-state index in [1.165, 1.54) is 6.08 Å². The van der Waals surface area contributed by atoms with E-state index in [0.717, 1.165) is 0 Å². The van der Waals surface area contributed by atoms with Gasteiger partial charge in [-0.25, -0.2) is 17.6 Å². The van der Waals surface area contributed by atoms with Gasteiger partial charge >= 0.3 is 5.97 Å². The molecule has 1 unspecified atom stereocenters. The van der Waals surface area contributed by atoms with E-state index >= 15 is 0 Å². The molecular formula is C15H17ClFNO4S. The predicted octanol–water partition coefficient (Wildman–Crippen LogP) is 3.26. The van der Waals surface area contributed by atoms with Crippen LogP contribution in [0.4, 0.5) is 10.1 Å². The molecule has 8 heteroatoms. The molecule has 0 fully saturated rings. The van der Waals surface area contributed by atoms with Crippen molar-refractivity contribution in [2.45, 2.75) is 31.4 Å². The molecule has 0 amide bonds. The van der Waals surface area contributed by atoms with Crippen LogP contribution in [0.1, 0.15) is 30.3 Å². The number of ether oxygens (including phenoxy) is 1. The Labute approximate surface area is 143 Å². The lowest BCUT2D eigenvalue weighted by atomic mass is 9.99. The minimum absolute atomic E-state index is 0.0208. The van der Waals surface area contributed by atoms with Crippen LogP contribution >= 0.6 is 11.6 Å². The minimum atomic E-state index is -4.25. The van der Waals surface area contributed by atoms with Crippen molar-refractivity contribution in [3.05, 3.63) is 40.6 Å². The summed E-state index contributed by atoms with van der Waals surface area (Å²) in [5.74, 6) is -2.06. The first-order chi connectivity index (χ1) is 12.1. The van der Waals surface area contributed by atoms with Crippen LogP contribution in [0.25, 0.3) is 0 Å². The van der Waals surface area contributed by atoms with Crippen LogP contribution in [0, 0.1) is 5.82 Å². The van der Waals surface area contributed by atoms with E-state index in [2.05, 4.69) is 4.72 Å². The van der Waals surface area contributed by atoms with Gasteiger partial charge in [0.2, 0.25) is 10.0 Å². The van der Waals surface area contributed by atoms with Gasteiger partial charge in [0.05, 0.1) is 27.0 Å². The predicted molar refractivity (Wildman–Crippen MR) is 86.3 cm³/mol. The summed E-state index contributed by atoms with van der Waals surface area (Å²) in [6.07, 6.45) is 2.68. The molecule has 1 aromatic rings. The molecule has 1 aliphatic carbocycles. The third-order valence-electron chi connectivity index (χ3n) is 3.25. The van der Waals surface area contributed by atoms with Crippen molar-refractivity contribution in [2.24, 2.45) is 0 Å². The maximum absolute atomic E-state index is 13.6. The van der Waals surface area contributed by atoms with Crippen LogP contribution in [0.3, 0.4) is 0 Å². The van der Waals surface area contributed by atoms with Crippen molar-refractivity contribution >= 4 is 33.3 Å². The topological polar surface area (TPSA) is 72.5 Å². The first kappa shape index (κ1) is 13.8. The van der Waals surface area contributed by atoms with E-state index in [1.807, 2.05) is 0 Å². The van der Waals surface area contributed by atoms with E-state index in [-0.39, 0.29) is 18.6 Å². The molecule has 0 aromatic heterocycles. The molecule has 0 aliphatic heterocycles. The van der Waals surface area contributed by atoms with Crippen LogP contribution in [-0.2, 0) is 19.6 Å². The standard InChI is InChI=1S/C15H17ClFNO4S/c1-2-22-15(19)11-5-3-4-6-14(11)23(20,21)18-13-8-7-10(17)9-12(13)16/h5,7-9,14,18H,2-4,6H2,1H3/i7D,8D,9D. The average molecular weight is 365 g/mol. The van der Waals surface area contributed by atoms with Crippen LogP contribution < -0.4 is 4.72 Å². The Morgan fingerprint density at radius 2 is 2.30 bits per heavy atom. The lowest BCUT2D eigenvalue weighted by molar-refractivity contribution is -0.138. The molecule has 23 heavy (non-hydrogen) atoms. The number of allylic oxidation sites excluding steroid dienone is 1. The summed E-state index contributed by atoms with van der Waals surface area (Å²) in [6, 6.07) is -2.61. The van der Waals surface area contributed by atoms with Crippen molar-refractivity contribution < 1.29 is 26.5 Å². The number of carbonyl (C=O) groups is 1. The number of sulfonamides is 1. The second-order valence-corrected chi connectivity index (χ2v) is 7.07. The lowest BCUT2D eigenvalue weighted by Gasteiger charge is -2.24. The average Bonchev–Trinajstić information content (AvgIpc) is 2.62. The first-order valence-corrected chi connectivity index (χ1v) is 8.87. The van der Waals surface area contributed by atoms with Gasteiger partial charge < -0.3 is 4.74 Å². The number of carbonyl (C=O) groups excluding carboxylic acids is 1. The summed E-state index contributed by atoms with van der Waals surface area (Å²) < 4.78 is 68.8. The number of benzene rings is 1. The Morgan fingerprint density at radius 3 is 3.00 bits per heavy atom. The Kier molecular flexibility index (Phi) is 4.39. The number of hydrogen-bond donors (Lipinski definition) is 1. The van der Waals surface area contributed by atoms with Crippen molar-refractivity contribution in [3.8, 4) is 0 Å². The van der Waals surface area contributed by atoms with Crippen LogP contribution in [0.2, 0.25) is 5.02 Å². The Bertz CT molecular complexity index is 847. The van der Waals surface area contributed by atoms with E-state index in [9.17, 15) is 17.6 Å². The molecule has 0 spiro atoms. The smallest absolute Gasteiger partial charge is 0.335 e. The van der Waals surface area contributed by atoms with E-state index < -0.39 is 55.9 Å². The zero-order valence-electron chi connectivity index (χ0n) is 15.3. The monoisotopic (exact) mass is 364 g/mol. The van der Waals surface area contributed by atoms with Gasteiger partial charge in [-0.3, -0.25) is 4.72 Å². The van der Waals surface area contributed by atoms with Gasteiger partial charge in [0.25, 0.3) is 0 Å². The van der Waals surface area contributed by atoms with E-state index in [4.69, 9.17) is 20.5 Å². The third-order valence-corrected chi connectivity index (χ3v) is 5.26. The maximum Gasteiger partial charge on any atom is 0.335 e. The second-order valence-electron chi connectivity index (χ2n) is 4.82. The molecule has 1 aliphatic rings. The van der Waals surface area contributed by atoms with Gasteiger partial charge in [0.15, 0.2) is 0 Å². The van der Waals surface area contributed by atoms with Crippen molar-refractivity contribution in [1.29, 1.82) is 0 Å².